The molecule has 5 heterocycles. The maximum absolute atomic E-state index is 13.3. The van der Waals surface area contributed by atoms with Crippen molar-refractivity contribution in [2.45, 2.75) is 30.8 Å². The van der Waals surface area contributed by atoms with Crippen molar-refractivity contribution < 1.29 is 75.0 Å². The van der Waals surface area contributed by atoms with Crippen LogP contribution in [0.5, 0.6) is 0 Å². The van der Waals surface area contributed by atoms with E-state index >= 15 is 0 Å². The van der Waals surface area contributed by atoms with Crippen molar-refractivity contribution in [2.24, 2.45) is 0 Å². The van der Waals surface area contributed by atoms with Crippen molar-refractivity contribution >= 4 is 81.7 Å². The molecule has 0 spiro atoms. The molecule has 254 valence electrons. The third-order valence-corrected chi connectivity index (χ3v) is 11.2. The van der Waals surface area contributed by atoms with Gasteiger partial charge in [-0.3, -0.25) is 13.9 Å². The van der Waals surface area contributed by atoms with Gasteiger partial charge in [0.1, 0.15) is 40.4 Å². The van der Waals surface area contributed by atoms with Crippen LogP contribution in [0, 0.1) is 16.0 Å². The minimum absolute atomic E-state index is 0.0140. The highest BCUT2D eigenvalue weighted by molar-refractivity contribution is 7.71. The van der Waals surface area contributed by atoms with Gasteiger partial charge in [0.2, 0.25) is 6.29 Å². The Morgan fingerprint density at radius 1 is 1.19 bits per heavy atom. The van der Waals surface area contributed by atoms with E-state index in [2.05, 4.69) is 33.6 Å². The van der Waals surface area contributed by atoms with Gasteiger partial charge in [-0.05, 0) is 0 Å². The van der Waals surface area contributed by atoms with Crippen LogP contribution in [0.4, 0.5) is 11.6 Å². The number of nitriles is 1. The summed E-state index contributed by atoms with van der Waals surface area (Å²) in [6.45, 7) is -0.971. The molecule has 3 aromatic rings. The molecule has 23 nitrogen and oxygen atoms in total. The van der Waals surface area contributed by atoms with E-state index in [1.165, 1.54) is 16.3 Å². The Morgan fingerprint density at radius 3 is 2.55 bits per heavy atom. The van der Waals surface area contributed by atoms with E-state index < -0.39 is 72.8 Å². The number of nitrogens with two attached hydrogens (primary N) is 1. The zero-order chi connectivity index (χ0) is 34.5. The van der Waals surface area contributed by atoms with Crippen LogP contribution in [0.1, 0.15) is 21.5 Å². The first kappa shape index (κ1) is 35.3. The molecule has 0 aliphatic carbocycles. The number of H-pyrrole nitrogens is 1. The number of aromatic nitrogens is 4. The number of ether oxygens (including phenoxy) is 4. The number of nitrogens with zero attached hydrogens (tertiary/aromatic N) is 4. The maximum Gasteiger partial charge on any atom is 0.490 e. The molecule has 6 unspecified atom stereocenters. The predicted octanol–water partition coefficient (Wildman–Crippen LogP) is 0.780. The number of imidazole rings is 1. The minimum Gasteiger partial charge on any atom is -0.465 e. The molecule has 3 aromatic heterocycles. The normalized spacial score (nSPS) is 25.1. The summed E-state index contributed by atoms with van der Waals surface area (Å²) in [4.78, 5) is 73.0. The van der Waals surface area contributed by atoms with Crippen LogP contribution in [0.15, 0.2) is 11.7 Å². The van der Waals surface area contributed by atoms with E-state index in [-0.39, 0.29) is 37.9 Å². The zero-order valence-corrected chi connectivity index (χ0v) is 27.3. The summed E-state index contributed by atoms with van der Waals surface area (Å²) in [5.74, 6) is -1.93. The van der Waals surface area contributed by atoms with Gasteiger partial charge in [-0.1, -0.05) is 12.2 Å². The highest BCUT2D eigenvalue weighted by Crippen LogP contribution is 2.66. The maximum atomic E-state index is 13.3. The number of nitrogens with one attached hydrogen (secondary N) is 2. The summed E-state index contributed by atoms with van der Waals surface area (Å²) in [6.07, 6.45) is -5.72. The number of amides is 1. The summed E-state index contributed by atoms with van der Waals surface area (Å²) < 4.78 is 70.7. The molecule has 2 aliphatic rings. The van der Waals surface area contributed by atoms with Gasteiger partial charge in [0.15, 0.2) is 16.8 Å². The summed E-state index contributed by atoms with van der Waals surface area (Å²) in [5.41, 5.74) is 5.90. The molecule has 2 saturated heterocycles. The standard InChI is InChI=1S/C19H20N7O16P3S2/c1-36-17(28)12-8(6(2-20)4-47-12)23-14(27)18-39-10-7(3-37-44(32,33)42-45(34,35)41-43(29,30)31)38-16(11(10)40-18)26-5-22-9-13(26)24-19(21)25-15(9)46/h4-5,7,10-11,16,18H,3H2,1H3,(H,23,27)(H,32,33)(H,34,35)(H2,29,30,31)(H3,21,24,25,46)/t7?,10?,11?,16?,18-/m1/s1. The van der Waals surface area contributed by atoms with Crippen LogP contribution in [0.3, 0.4) is 0 Å². The molecule has 28 heteroatoms. The van der Waals surface area contributed by atoms with Gasteiger partial charge >= 0.3 is 29.4 Å². The van der Waals surface area contributed by atoms with Crippen molar-refractivity contribution in [2.75, 3.05) is 24.8 Å². The Morgan fingerprint density at radius 2 is 1.89 bits per heavy atom. The predicted molar refractivity (Wildman–Crippen MR) is 153 cm³/mol. The van der Waals surface area contributed by atoms with Crippen LogP contribution in [-0.4, -0.2) is 89.3 Å². The highest BCUT2D eigenvalue weighted by atomic mass is 32.1. The number of carbonyl (C=O) groups excluding carboxylic acids is 2. The van der Waals surface area contributed by atoms with Crippen molar-refractivity contribution in [3.63, 3.8) is 0 Å². The fourth-order valence-electron chi connectivity index (χ4n) is 4.42. The second-order valence-electron chi connectivity index (χ2n) is 9.21. The van der Waals surface area contributed by atoms with Crippen molar-refractivity contribution in [3.05, 3.63) is 26.8 Å². The monoisotopic (exact) mass is 759 g/mol. The molecule has 47 heavy (non-hydrogen) atoms. The molecule has 0 saturated carbocycles. The molecule has 8 N–H and O–H groups in total. The number of hydrogen-bond donors (Lipinski definition) is 7. The Labute approximate surface area is 269 Å². The molecular formula is C19H20N7O16P3S2. The number of hydrogen-bond acceptors (Lipinski definition) is 18. The number of phosphoric acid groups is 3. The number of aromatic amines is 1. The molecule has 0 aromatic carbocycles. The van der Waals surface area contributed by atoms with Crippen LogP contribution < -0.4 is 11.1 Å². The molecule has 2 aliphatic heterocycles. The van der Waals surface area contributed by atoms with Gasteiger partial charge in [-0.2, -0.15) is 13.9 Å². The third kappa shape index (κ3) is 7.68. The molecule has 5 rings (SSSR count). The first-order valence-corrected chi connectivity index (χ1v) is 18.1. The molecule has 0 radical (unpaired) electrons. The van der Waals surface area contributed by atoms with Crippen molar-refractivity contribution in [1.82, 2.24) is 19.5 Å². The average molecular weight is 759 g/mol. The molecule has 7 atom stereocenters. The number of esters is 1. The van der Waals surface area contributed by atoms with Gasteiger partial charge in [-0.15, -0.1) is 11.3 Å². The second-order valence-corrected chi connectivity index (χ2v) is 14.9. The van der Waals surface area contributed by atoms with Gasteiger partial charge in [-0.25, -0.2) is 28.5 Å². The smallest absolute Gasteiger partial charge is 0.465 e. The number of phosphoric ester groups is 1. The van der Waals surface area contributed by atoms with E-state index in [0.717, 1.165) is 18.4 Å². The van der Waals surface area contributed by atoms with Crippen molar-refractivity contribution in [3.8, 4) is 6.07 Å². The topological polar surface area (TPSA) is 339 Å². The van der Waals surface area contributed by atoms with E-state index in [1.54, 1.807) is 0 Å². The number of nitrogen functional groups attached to an aromatic ring is 1. The lowest BCUT2D eigenvalue weighted by Crippen LogP contribution is -2.34. The fraction of sp³-hybridized carbons (Fsp3) is 0.368. The highest BCUT2D eigenvalue weighted by Gasteiger charge is 2.56. The Bertz CT molecular complexity index is 1990. The lowest BCUT2D eigenvalue weighted by molar-refractivity contribution is -0.166. The largest absolute Gasteiger partial charge is 0.490 e. The van der Waals surface area contributed by atoms with Gasteiger partial charge in [0.05, 0.1) is 31.3 Å². The third-order valence-electron chi connectivity index (χ3n) is 6.15. The fourth-order valence-corrected chi connectivity index (χ4v) is 8.57. The molecular weight excluding hydrogens is 739 g/mol. The lowest BCUT2D eigenvalue weighted by Gasteiger charge is -2.22. The first-order chi connectivity index (χ1) is 21.9. The number of methoxy groups -OCH3 is 1. The van der Waals surface area contributed by atoms with E-state index in [9.17, 15) is 38.3 Å². The zero-order valence-electron chi connectivity index (χ0n) is 23.0. The Balaban J connectivity index is 1.41. The number of rotatable bonds is 11. The van der Waals surface area contributed by atoms with Gasteiger partial charge < -0.3 is 54.6 Å². The molecule has 0 bridgehead atoms. The molecule has 1 amide bonds. The number of carbonyl (C=O) groups is 2. The lowest BCUT2D eigenvalue weighted by atomic mass is 10.1. The number of fused-ring (bicyclic) bond motifs is 2. The summed E-state index contributed by atoms with van der Waals surface area (Å²) in [7, 11) is -16.0. The average Bonchev–Trinajstić information content (AvgIpc) is 3.72. The summed E-state index contributed by atoms with van der Waals surface area (Å²) >= 11 is 6.02. The van der Waals surface area contributed by atoms with E-state index in [1.807, 2.05) is 6.07 Å². The molecule has 2 fully saturated rings. The quantitative estimate of drug-likeness (QED) is 0.0806. The number of thiophene rings is 1. The van der Waals surface area contributed by atoms with Crippen LogP contribution >= 0.6 is 47.0 Å². The Kier molecular flexibility index (Phi) is 9.86. The van der Waals surface area contributed by atoms with Gasteiger partial charge in [0.25, 0.3) is 5.91 Å². The second kappa shape index (κ2) is 13.1. The van der Waals surface area contributed by atoms with Crippen molar-refractivity contribution in [1.29, 1.82) is 5.26 Å². The summed E-state index contributed by atoms with van der Waals surface area (Å²) in [6, 6.07) is 1.83. The SMILES string of the molecule is COC(=O)c1scc(C#N)c1NC(=O)[C@@H]1OC2C(COP(=O)(O)OP(=O)(O)OP(=O)(O)O)OC(n3cnc4c(=S)nc(N)[nH]c43)C2O1. The van der Waals surface area contributed by atoms with Gasteiger partial charge in [0, 0.05) is 5.38 Å². The Hall–Kier alpha value is -3.01. The number of anilines is 2. The van der Waals surface area contributed by atoms with Crippen LogP contribution in [-0.2, 0) is 50.6 Å². The van der Waals surface area contributed by atoms with E-state index in [0.29, 0.717) is 0 Å². The summed E-state index contributed by atoms with van der Waals surface area (Å²) in [5, 5.41) is 13.1. The van der Waals surface area contributed by atoms with Crippen LogP contribution in [0.25, 0.3) is 11.2 Å². The van der Waals surface area contributed by atoms with E-state index in [4.69, 9.17) is 46.5 Å². The van der Waals surface area contributed by atoms with Crippen LogP contribution in [0.2, 0.25) is 0 Å². The first-order valence-electron chi connectivity index (χ1n) is 12.3. The minimum atomic E-state index is -5.83.